The molecule has 0 spiro atoms. The first-order valence-corrected chi connectivity index (χ1v) is 8.39. The summed E-state index contributed by atoms with van der Waals surface area (Å²) < 4.78 is 6.09. The van der Waals surface area contributed by atoms with Gasteiger partial charge in [0, 0.05) is 18.5 Å². The normalized spacial score (nSPS) is 53.5. The lowest BCUT2D eigenvalue weighted by atomic mass is 9.48. The molecule has 0 aromatic heterocycles. The van der Waals surface area contributed by atoms with Crippen LogP contribution in [0.25, 0.3) is 0 Å². The van der Waals surface area contributed by atoms with Crippen molar-refractivity contribution in [3.8, 4) is 0 Å². The molecule has 2 saturated heterocycles. The van der Waals surface area contributed by atoms with E-state index in [0.29, 0.717) is 18.1 Å². The molecule has 2 aliphatic heterocycles. The molecule has 4 nitrogen and oxygen atoms in total. The molecular weight excluding hydrogens is 252 g/mol. The van der Waals surface area contributed by atoms with Crippen LogP contribution < -0.4 is 5.32 Å². The molecule has 4 saturated carbocycles. The number of ether oxygens (including phenoxy) is 1. The first kappa shape index (κ1) is 12.0. The summed E-state index contributed by atoms with van der Waals surface area (Å²) in [6.45, 7) is 2.24. The molecule has 1 amide bonds. The quantitative estimate of drug-likeness (QED) is 0.775. The van der Waals surface area contributed by atoms with Gasteiger partial charge < -0.3 is 15.0 Å². The van der Waals surface area contributed by atoms with Crippen molar-refractivity contribution in [3.05, 3.63) is 0 Å². The van der Waals surface area contributed by atoms with Crippen LogP contribution in [0, 0.1) is 23.2 Å². The van der Waals surface area contributed by atoms with E-state index < -0.39 is 0 Å². The van der Waals surface area contributed by atoms with Gasteiger partial charge in [0.1, 0.15) is 6.10 Å². The lowest BCUT2D eigenvalue weighted by Crippen LogP contribution is -2.53. The number of nitrogens with zero attached hydrogens (tertiary/aromatic N) is 1. The number of piperazine rings is 1. The molecule has 0 aromatic rings. The molecule has 4 bridgehead atoms. The van der Waals surface area contributed by atoms with Gasteiger partial charge in [-0.25, -0.2) is 0 Å². The van der Waals surface area contributed by atoms with Gasteiger partial charge in [-0.3, -0.25) is 4.79 Å². The summed E-state index contributed by atoms with van der Waals surface area (Å²) in [4.78, 5) is 14.0. The average molecular weight is 276 g/mol. The van der Waals surface area contributed by atoms with Crippen molar-refractivity contribution in [2.45, 2.75) is 50.9 Å². The Bertz CT molecular complexity index is 414. The van der Waals surface area contributed by atoms with Crippen molar-refractivity contribution in [1.29, 1.82) is 0 Å². The van der Waals surface area contributed by atoms with Gasteiger partial charge in [0.05, 0.1) is 6.54 Å². The van der Waals surface area contributed by atoms with Gasteiger partial charge >= 0.3 is 0 Å². The zero-order chi connectivity index (χ0) is 13.3. The molecule has 110 valence electrons. The zero-order valence-corrected chi connectivity index (χ0v) is 12.0. The largest absolute Gasteiger partial charge is 0.347 e. The summed E-state index contributed by atoms with van der Waals surface area (Å²) in [6.07, 6.45) is 9.02. The van der Waals surface area contributed by atoms with E-state index in [1.165, 1.54) is 38.5 Å². The molecule has 6 rings (SSSR count). The van der Waals surface area contributed by atoms with Gasteiger partial charge in [-0.1, -0.05) is 0 Å². The average Bonchev–Trinajstić information content (AvgIpc) is 3.18. The van der Waals surface area contributed by atoms with E-state index in [1.807, 2.05) is 4.90 Å². The molecular formula is C16H24N2O2. The molecule has 2 unspecified atom stereocenters. The third-order valence-corrected chi connectivity index (χ3v) is 6.59. The number of carbonyl (C=O) groups excluding carboxylic acids is 1. The number of nitrogens with one attached hydrogen (secondary N) is 1. The summed E-state index contributed by atoms with van der Waals surface area (Å²) in [6, 6.07) is 0. The second-order valence-electron chi connectivity index (χ2n) is 7.99. The van der Waals surface area contributed by atoms with E-state index in [-0.39, 0.29) is 12.1 Å². The summed E-state index contributed by atoms with van der Waals surface area (Å²) in [5.74, 6) is 3.12. The monoisotopic (exact) mass is 276 g/mol. The van der Waals surface area contributed by atoms with Crippen LogP contribution in [0.2, 0.25) is 0 Å². The minimum Gasteiger partial charge on any atom is -0.347 e. The predicted octanol–water partition coefficient (Wildman–Crippen LogP) is 1.36. The SMILES string of the molecule is O=C1CNCCN1C1OC1C12CC3CC(CC(C3)C1)C2. The lowest BCUT2D eigenvalue weighted by molar-refractivity contribution is -0.134. The van der Waals surface area contributed by atoms with Crippen LogP contribution in [0.5, 0.6) is 0 Å². The van der Waals surface area contributed by atoms with Gasteiger partial charge in [-0.2, -0.15) is 0 Å². The second kappa shape index (κ2) is 3.98. The number of epoxide rings is 1. The van der Waals surface area contributed by atoms with Crippen molar-refractivity contribution < 1.29 is 9.53 Å². The molecule has 6 aliphatic rings. The zero-order valence-electron chi connectivity index (χ0n) is 12.0. The maximum atomic E-state index is 12.0. The Labute approximate surface area is 120 Å². The Morgan fingerprint density at radius 2 is 1.75 bits per heavy atom. The topological polar surface area (TPSA) is 44.9 Å². The molecule has 0 aromatic carbocycles. The molecule has 6 fully saturated rings. The van der Waals surface area contributed by atoms with E-state index >= 15 is 0 Å². The first-order chi connectivity index (χ1) is 9.73. The van der Waals surface area contributed by atoms with Gasteiger partial charge in [0.15, 0.2) is 6.23 Å². The highest BCUT2D eigenvalue weighted by molar-refractivity contribution is 5.79. The molecule has 2 atom stereocenters. The first-order valence-electron chi connectivity index (χ1n) is 8.39. The number of hydrogen-bond donors (Lipinski definition) is 1. The second-order valence-corrected chi connectivity index (χ2v) is 7.99. The van der Waals surface area contributed by atoms with Crippen LogP contribution in [0.3, 0.4) is 0 Å². The number of amides is 1. The molecule has 20 heavy (non-hydrogen) atoms. The third-order valence-electron chi connectivity index (χ3n) is 6.59. The Morgan fingerprint density at radius 1 is 1.10 bits per heavy atom. The van der Waals surface area contributed by atoms with Gasteiger partial charge in [0.2, 0.25) is 5.91 Å². The Kier molecular flexibility index (Phi) is 2.38. The Morgan fingerprint density at radius 3 is 2.35 bits per heavy atom. The van der Waals surface area contributed by atoms with E-state index in [9.17, 15) is 4.79 Å². The van der Waals surface area contributed by atoms with Gasteiger partial charge in [-0.05, 0) is 56.3 Å². The summed E-state index contributed by atoms with van der Waals surface area (Å²) in [5, 5.41) is 3.15. The van der Waals surface area contributed by atoms with E-state index in [2.05, 4.69) is 5.32 Å². The van der Waals surface area contributed by atoms with Crippen LogP contribution in [-0.4, -0.2) is 42.8 Å². The van der Waals surface area contributed by atoms with Crippen molar-refractivity contribution in [3.63, 3.8) is 0 Å². The number of rotatable bonds is 2. The smallest absolute Gasteiger partial charge is 0.238 e. The van der Waals surface area contributed by atoms with Crippen molar-refractivity contribution >= 4 is 5.91 Å². The van der Waals surface area contributed by atoms with Crippen LogP contribution in [0.4, 0.5) is 0 Å². The van der Waals surface area contributed by atoms with Crippen LogP contribution >= 0.6 is 0 Å². The Hall–Kier alpha value is -0.610. The molecule has 4 heteroatoms. The third kappa shape index (κ3) is 1.64. The van der Waals surface area contributed by atoms with Crippen LogP contribution in [0.15, 0.2) is 0 Å². The summed E-state index contributed by atoms with van der Waals surface area (Å²) in [5.41, 5.74) is 0.435. The van der Waals surface area contributed by atoms with Crippen LogP contribution in [0.1, 0.15) is 38.5 Å². The van der Waals surface area contributed by atoms with Gasteiger partial charge in [0.25, 0.3) is 0 Å². The molecule has 2 heterocycles. The predicted molar refractivity (Wildman–Crippen MR) is 73.8 cm³/mol. The fourth-order valence-corrected chi connectivity index (χ4v) is 6.20. The minimum atomic E-state index is 0.112. The molecule has 1 N–H and O–H groups in total. The highest BCUT2D eigenvalue weighted by atomic mass is 16.6. The Balaban J connectivity index is 1.36. The fraction of sp³-hybridized carbons (Fsp3) is 0.938. The highest BCUT2D eigenvalue weighted by Gasteiger charge is 2.63. The van der Waals surface area contributed by atoms with E-state index in [4.69, 9.17) is 4.74 Å². The van der Waals surface area contributed by atoms with Crippen molar-refractivity contribution in [1.82, 2.24) is 10.2 Å². The highest BCUT2D eigenvalue weighted by Crippen LogP contribution is 2.64. The lowest BCUT2D eigenvalue weighted by Gasteiger charge is -2.56. The van der Waals surface area contributed by atoms with Crippen molar-refractivity contribution in [2.24, 2.45) is 23.2 Å². The molecule has 0 radical (unpaired) electrons. The maximum Gasteiger partial charge on any atom is 0.238 e. The van der Waals surface area contributed by atoms with E-state index in [1.54, 1.807) is 0 Å². The number of carbonyl (C=O) groups is 1. The van der Waals surface area contributed by atoms with Gasteiger partial charge in [-0.15, -0.1) is 0 Å². The summed E-state index contributed by atoms with van der Waals surface area (Å²) >= 11 is 0. The van der Waals surface area contributed by atoms with Crippen LogP contribution in [-0.2, 0) is 9.53 Å². The minimum absolute atomic E-state index is 0.112. The molecule has 4 aliphatic carbocycles. The summed E-state index contributed by atoms with van der Waals surface area (Å²) in [7, 11) is 0. The van der Waals surface area contributed by atoms with E-state index in [0.717, 1.165) is 30.8 Å². The van der Waals surface area contributed by atoms with Crippen molar-refractivity contribution in [2.75, 3.05) is 19.6 Å². The fourth-order valence-electron chi connectivity index (χ4n) is 6.20. The number of hydrogen-bond acceptors (Lipinski definition) is 3. The maximum absolute atomic E-state index is 12.0. The standard InChI is InChI=1S/C16H24N2O2/c19-13-9-17-1-2-18(13)15-14(20-15)16-6-10-3-11(7-16)5-12(4-10)8-16/h10-12,14-15,17H,1-9H2.